The molecule has 1 aliphatic rings. The number of aryl methyl sites for hydroxylation is 1. The number of aliphatic hydroxyl groups is 1. The summed E-state index contributed by atoms with van der Waals surface area (Å²) < 4.78 is 5.37. The molecule has 0 spiro atoms. The summed E-state index contributed by atoms with van der Waals surface area (Å²) >= 11 is 0. The fourth-order valence-electron chi connectivity index (χ4n) is 4.24. The topological polar surface area (TPSA) is 126 Å². The first-order valence-electron chi connectivity index (χ1n) is 11.5. The SMILES string of the molecule is CC1(C)CCc2cc(Nc3ncc(-c4nnco4)c(N[C@H](CO)c4ccccc4)n3)ccc2C1=O. The molecule has 178 valence electrons. The Morgan fingerprint density at radius 1 is 1.14 bits per heavy atom. The largest absolute Gasteiger partial charge is 0.423 e. The molecule has 3 N–H and O–H groups in total. The lowest BCUT2D eigenvalue weighted by molar-refractivity contribution is 0.0811. The molecule has 5 rings (SSSR count). The second-order valence-electron chi connectivity index (χ2n) is 9.20. The summed E-state index contributed by atoms with van der Waals surface area (Å²) in [7, 11) is 0. The molecule has 4 aromatic rings. The number of carbonyl (C=O) groups excluding carboxylic acids is 1. The summed E-state index contributed by atoms with van der Waals surface area (Å²) in [6, 6.07) is 14.9. The zero-order valence-corrected chi connectivity index (χ0v) is 19.5. The Bertz CT molecular complexity index is 1340. The number of fused-ring (bicyclic) bond motifs is 1. The first-order chi connectivity index (χ1) is 16.9. The van der Waals surface area contributed by atoms with E-state index in [1.807, 2.05) is 62.4 Å². The number of aromatic nitrogens is 4. The van der Waals surface area contributed by atoms with Crippen molar-refractivity contribution in [3.63, 3.8) is 0 Å². The second-order valence-corrected chi connectivity index (χ2v) is 9.20. The van der Waals surface area contributed by atoms with Gasteiger partial charge in [0.25, 0.3) is 5.89 Å². The highest BCUT2D eigenvalue weighted by Gasteiger charge is 2.34. The molecule has 0 radical (unpaired) electrons. The van der Waals surface area contributed by atoms with Crippen LogP contribution in [0.15, 0.2) is 65.5 Å². The van der Waals surface area contributed by atoms with Gasteiger partial charge in [-0.05, 0) is 42.2 Å². The summed E-state index contributed by atoms with van der Waals surface area (Å²) in [6.07, 6.45) is 4.48. The maximum atomic E-state index is 12.8. The summed E-state index contributed by atoms with van der Waals surface area (Å²) in [4.78, 5) is 21.8. The van der Waals surface area contributed by atoms with E-state index >= 15 is 0 Å². The molecule has 2 aromatic heterocycles. The van der Waals surface area contributed by atoms with Crippen molar-refractivity contribution in [2.45, 2.75) is 32.7 Å². The number of benzene rings is 2. The predicted octanol–water partition coefficient (Wildman–Crippen LogP) is 4.57. The van der Waals surface area contributed by atoms with Gasteiger partial charge in [-0.1, -0.05) is 44.2 Å². The van der Waals surface area contributed by atoms with Crippen LogP contribution < -0.4 is 10.6 Å². The number of anilines is 3. The molecule has 0 saturated heterocycles. The quantitative estimate of drug-likeness (QED) is 0.356. The van der Waals surface area contributed by atoms with Crippen LogP contribution in [0, 0.1) is 5.41 Å². The third-order valence-corrected chi connectivity index (χ3v) is 6.31. The Morgan fingerprint density at radius 3 is 2.71 bits per heavy atom. The molecule has 9 heteroatoms. The van der Waals surface area contributed by atoms with Gasteiger partial charge < -0.3 is 20.2 Å². The van der Waals surface area contributed by atoms with Gasteiger partial charge in [-0.2, -0.15) is 4.98 Å². The number of aliphatic hydroxyl groups excluding tert-OH is 1. The van der Waals surface area contributed by atoms with Crippen molar-refractivity contribution < 1.29 is 14.3 Å². The maximum Gasteiger partial charge on any atom is 0.252 e. The zero-order chi connectivity index (χ0) is 24.4. The van der Waals surface area contributed by atoms with Crippen molar-refractivity contribution in [1.82, 2.24) is 20.2 Å². The summed E-state index contributed by atoms with van der Waals surface area (Å²) in [5.74, 6) is 1.22. The minimum atomic E-state index is -0.404. The van der Waals surface area contributed by atoms with Crippen molar-refractivity contribution in [1.29, 1.82) is 0 Å². The van der Waals surface area contributed by atoms with Gasteiger partial charge >= 0.3 is 0 Å². The molecular weight excluding hydrogens is 444 g/mol. The van der Waals surface area contributed by atoms with Crippen LogP contribution in [0.25, 0.3) is 11.5 Å². The van der Waals surface area contributed by atoms with E-state index in [1.54, 1.807) is 6.20 Å². The van der Waals surface area contributed by atoms with E-state index in [9.17, 15) is 9.90 Å². The lowest BCUT2D eigenvalue weighted by atomic mass is 9.73. The molecule has 2 aromatic carbocycles. The molecule has 1 atom stereocenters. The highest BCUT2D eigenvalue weighted by Crippen LogP contribution is 2.36. The van der Waals surface area contributed by atoms with Crippen LogP contribution in [0.1, 0.15) is 47.8 Å². The van der Waals surface area contributed by atoms with E-state index in [-0.39, 0.29) is 23.7 Å². The molecule has 0 bridgehead atoms. The Morgan fingerprint density at radius 2 is 1.97 bits per heavy atom. The number of rotatable bonds is 7. The normalized spacial score (nSPS) is 15.3. The summed E-state index contributed by atoms with van der Waals surface area (Å²) in [6.45, 7) is 3.84. The second kappa shape index (κ2) is 9.27. The van der Waals surface area contributed by atoms with Crippen molar-refractivity contribution in [3.8, 4) is 11.5 Å². The number of hydrogen-bond acceptors (Lipinski definition) is 9. The third-order valence-electron chi connectivity index (χ3n) is 6.31. The van der Waals surface area contributed by atoms with Gasteiger partial charge in [0.05, 0.1) is 18.2 Å². The first kappa shape index (κ1) is 22.7. The molecule has 35 heavy (non-hydrogen) atoms. The van der Waals surface area contributed by atoms with Crippen LogP contribution in [0.5, 0.6) is 0 Å². The van der Waals surface area contributed by atoms with E-state index in [0.717, 1.165) is 35.2 Å². The molecular formula is C26H26N6O3. The van der Waals surface area contributed by atoms with Crippen molar-refractivity contribution >= 4 is 23.2 Å². The predicted molar refractivity (Wildman–Crippen MR) is 131 cm³/mol. The van der Waals surface area contributed by atoms with Gasteiger partial charge in [-0.15, -0.1) is 10.2 Å². The number of ketones is 1. The average molecular weight is 471 g/mol. The highest BCUT2D eigenvalue weighted by atomic mass is 16.4. The van der Waals surface area contributed by atoms with Gasteiger partial charge in [0.15, 0.2) is 5.78 Å². The number of nitrogens with zero attached hydrogens (tertiary/aromatic N) is 4. The molecule has 0 fully saturated rings. The maximum absolute atomic E-state index is 12.8. The van der Waals surface area contributed by atoms with Crippen LogP contribution in [-0.4, -0.2) is 37.7 Å². The van der Waals surface area contributed by atoms with Gasteiger partial charge in [0, 0.05) is 22.9 Å². The smallest absolute Gasteiger partial charge is 0.252 e. The van der Waals surface area contributed by atoms with Gasteiger partial charge in [-0.3, -0.25) is 4.79 Å². The molecule has 1 aliphatic carbocycles. The molecule has 0 saturated carbocycles. The van der Waals surface area contributed by atoms with E-state index in [1.165, 1.54) is 6.39 Å². The van der Waals surface area contributed by atoms with Crippen LogP contribution in [0.2, 0.25) is 0 Å². The van der Waals surface area contributed by atoms with Crippen molar-refractivity contribution in [2.75, 3.05) is 17.2 Å². The summed E-state index contributed by atoms with van der Waals surface area (Å²) in [5, 5.41) is 24.3. The summed E-state index contributed by atoms with van der Waals surface area (Å²) in [5.41, 5.74) is 3.66. The molecule has 9 nitrogen and oxygen atoms in total. The number of nitrogens with one attached hydrogen (secondary N) is 2. The van der Waals surface area contributed by atoms with E-state index < -0.39 is 6.04 Å². The third kappa shape index (κ3) is 4.63. The van der Waals surface area contributed by atoms with Crippen molar-refractivity contribution in [2.24, 2.45) is 5.41 Å². The number of hydrogen-bond donors (Lipinski definition) is 3. The van der Waals surface area contributed by atoms with Crippen LogP contribution in [0.4, 0.5) is 17.5 Å². The van der Waals surface area contributed by atoms with E-state index in [4.69, 9.17) is 4.42 Å². The van der Waals surface area contributed by atoms with Gasteiger partial charge in [0.1, 0.15) is 5.82 Å². The number of Topliss-reactive ketones (excluding diaryl/α,β-unsaturated/α-hetero) is 1. The van der Waals surface area contributed by atoms with Crippen molar-refractivity contribution in [3.05, 3.63) is 77.8 Å². The Labute approximate surface area is 202 Å². The van der Waals surface area contributed by atoms with Gasteiger partial charge in [0.2, 0.25) is 12.3 Å². The fraction of sp³-hybridized carbons (Fsp3) is 0.269. The lowest BCUT2D eigenvalue weighted by Gasteiger charge is -2.29. The minimum Gasteiger partial charge on any atom is -0.423 e. The zero-order valence-electron chi connectivity index (χ0n) is 19.5. The lowest BCUT2D eigenvalue weighted by Crippen LogP contribution is -2.30. The standard InChI is InChI=1S/C26H26N6O3/c1-26(2)11-10-17-12-18(8-9-19(17)22(26)34)29-25-27-13-20(24-32-28-15-35-24)23(31-25)30-21(14-33)16-6-4-3-5-7-16/h3-9,12-13,15,21,33H,10-11,14H2,1-2H3,(H2,27,29,30,31)/t21-/m1/s1. The molecule has 2 heterocycles. The van der Waals surface area contributed by atoms with Crippen LogP contribution in [0.3, 0.4) is 0 Å². The Balaban J connectivity index is 1.45. The molecule has 0 aliphatic heterocycles. The van der Waals surface area contributed by atoms with E-state index in [0.29, 0.717) is 17.3 Å². The highest BCUT2D eigenvalue weighted by molar-refractivity contribution is 6.02. The van der Waals surface area contributed by atoms with Crippen LogP contribution in [-0.2, 0) is 6.42 Å². The Hall–Kier alpha value is -4.11. The number of carbonyl (C=O) groups is 1. The first-order valence-corrected chi connectivity index (χ1v) is 11.5. The van der Waals surface area contributed by atoms with E-state index in [2.05, 4.69) is 30.8 Å². The molecule has 0 unspecified atom stereocenters. The Kier molecular flexibility index (Phi) is 6.00. The van der Waals surface area contributed by atoms with Gasteiger partial charge in [-0.25, -0.2) is 4.98 Å². The monoisotopic (exact) mass is 470 g/mol. The molecule has 0 amide bonds. The minimum absolute atomic E-state index is 0.144. The van der Waals surface area contributed by atoms with Crippen LogP contribution >= 0.6 is 0 Å². The average Bonchev–Trinajstić information content (AvgIpc) is 3.40. The fourth-order valence-corrected chi connectivity index (χ4v) is 4.24.